The second-order valence-corrected chi connectivity index (χ2v) is 11.1. The molecule has 1 atom stereocenters. The fraction of sp³-hybridized carbons (Fsp3) is 0.348. The molecule has 2 aromatic rings. The summed E-state index contributed by atoms with van der Waals surface area (Å²) >= 11 is 6.09. The zero-order chi connectivity index (χ0) is 26.8. The molecule has 1 fully saturated rings. The van der Waals surface area contributed by atoms with Crippen LogP contribution in [0.4, 0.5) is 14.5 Å². The summed E-state index contributed by atoms with van der Waals surface area (Å²) in [6.07, 6.45) is -0.960. The van der Waals surface area contributed by atoms with Gasteiger partial charge in [-0.1, -0.05) is 11.6 Å². The predicted octanol–water partition coefficient (Wildman–Crippen LogP) is 2.61. The molecule has 2 aromatic carbocycles. The Morgan fingerprint density at radius 1 is 1.17 bits per heavy atom. The first-order valence-corrected chi connectivity index (χ1v) is 12.6. The molecule has 1 aliphatic carbocycles. The average molecular weight is 545 g/mol. The van der Waals surface area contributed by atoms with Gasteiger partial charge in [-0.25, -0.2) is 22.0 Å². The molecule has 9 nitrogen and oxygen atoms in total. The summed E-state index contributed by atoms with van der Waals surface area (Å²) < 4.78 is 57.3. The first-order chi connectivity index (χ1) is 16.8. The number of methoxy groups -OCH3 is 1. The van der Waals surface area contributed by atoms with Crippen molar-refractivity contribution in [1.29, 1.82) is 0 Å². The van der Waals surface area contributed by atoms with E-state index in [1.54, 1.807) is 0 Å². The molecular weight excluding hydrogens is 522 g/mol. The molecule has 0 saturated heterocycles. The van der Waals surface area contributed by atoms with Gasteiger partial charge >= 0.3 is 5.97 Å². The van der Waals surface area contributed by atoms with Gasteiger partial charge in [0.05, 0.1) is 34.3 Å². The van der Waals surface area contributed by atoms with E-state index < -0.39 is 62.6 Å². The van der Waals surface area contributed by atoms with Crippen LogP contribution in [0.3, 0.4) is 0 Å². The Balaban J connectivity index is 1.70. The molecule has 0 unspecified atom stereocenters. The molecule has 1 saturated carbocycles. The van der Waals surface area contributed by atoms with Crippen molar-refractivity contribution >= 4 is 44.9 Å². The van der Waals surface area contributed by atoms with Crippen molar-refractivity contribution in [2.24, 2.45) is 0 Å². The van der Waals surface area contributed by atoms with Crippen LogP contribution < -0.4 is 10.6 Å². The molecular formula is C23H23ClF2N2O7S. The molecule has 194 valence electrons. The number of ether oxygens (including phenoxy) is 1. The number of anilines is 1. The normalized spacial score (nSPS) is 20.1. The van der Waals surface area contributed by atoms with Gasteiger partial charge < -0.3 is 20.5 Å². The summed E-state index contributed by atoms with van der Waals surface area (Å²) in [5.41, 5.74) is -1.75. The summed E-state index contributed by atoms with van der Waals surface area (Å²) in [6.45, 7) is 1.40. The predicted molar refractivity (Wildman–Crippen MR) is 125 cm³/mol. The Morgan fingerprint density at radius 3 is 2.44 bits per heavy atom. The third-order valence-corrected chi connectivity index (χ3v) is 8.36. The monoisotopic (exact) mass is 544 g/mol. The highest BCUT2D eigenvalue weighted by Gasteiger charge is 2.50. The van der Waals surface area contributed by atoms with Crippen LogP contribution in [0.25, 0.3) is 0 Å². The van der Waals surface area contributed by atoms with Crippen molar-refractivity contribution in [3.8, 4) is 0 Å². The lowest BCUT2D eigenvalue weighted by Gasteiger charge is -2.42. The average Bonchev–Trinajstić information content (AvgIpc) is 2.79. The molecule has 13 heteroatoms. The van der Waals surface area contributed by atoms with Gasteiger partial charge in [-0.3, -0.25) is 9.59 Å². The van der Waals surface area contributed by atoms with Crippen LogP contribution in [-0.2, 0) is 24.2 Å². The number of hydrogen-bond acceptors (Lipinski definition) is 7. The number of hydrogen-bond donors (Lipinski definition) is 3. The van der Waals surface area contributed by atoms with Crippen LogP contribution in [0.1, 0.15) is 36.5 Å². The smallest absolute Gasteiger partial charge is 0.328 e. The topological polar surface area (TPSA) is 139 Å². The van der Waals surface area contributed by atoms with Gasteiger partial charge in [-0.2, -0.15) is 0 Å². The van der Waals surface area contributed by atoms with Gasteiger partial charge in [0.25, 0.3) is 5.91 Å². The molecule has 0 aromatic heterocycles. The Labute approximate surface area is 210 Å². The van der Waals surface area contributed by atoms with Crippen molar-refractivity contribution in [3.05, 3.63) is 58.6 Å². The first kappa shape index (κ1) is 27.5. The van der Waals surface area contributed by atoms with E-state index in [-0.39, 0.29) is 34.0 Å². The molecule has 3 N–H and O–H groups in total. The Hall–Kier alpha value is -3.09. The van der Waals surface area contributed by atoms with Gasteiger partial charge in [-0.15, -0.1) is 0 Å². The van der Waals surface area contributed by atoms with Crippen LogP contribution in [0.5, 0.6) is 0 Å². The molecule has 0 spiro atoms. The fourth-order valence-corrected chi connectivity index (χ4v) is 6.29. The third kappa shape index (κ3) is 6.00. The van der Waals surface area contributed by atoms with Crippen molar-refractivity contribution in [2.45, 2.75) is 48.0 Å². The minimum Gasteiger partial charge on any atom is -0.467 e. The van der Waals surface area contributed by atoms with Gasteiger partial charge in [0.1, 0.15) is 6.04 Å². The van der Waals surface area contributed by atoms with Crippen molar-refractivity contribution in [2.75, 3.05) is 12.4 Å². The van der Waals surface area contributed by atoms with Crippen LogP contribution in [-0.4, -0.2) is 55.3 Å². The number of rotatable bonds is 8. The quantitative estimate of drug-likeness (QED) is 0.434. The fourth-order valence-electron chi connectivity index (χ4n) is 3.80. The van der Waals surface area contributed by atoms with E-state index in [9.17, 15) is 36.7 Å². The summed E-state index contributed by atoms with van der Waals surface area (Å²) in [7, 11) is -2.95. The summed E-state index contributed by atoms with van der Waals surface area (Å²) in [5.74, 6) is -4.37. The number of amides is 2. The highest BCUT2D eigenvalue weighted by Crippen LogP contribution is 2.43. The standard InChI is InChI=1S/C23H23ClF2N2O7S/c1-12(22(31)35-2)27-20(29)11-23(32)9-15(10-23)36(33,34)19-7-13(3-5-16(19)24)21(30)28-14-4-6-17(25)18(26)8-14/h3-8,12,15,32H,9-11H2,1-2H3,(H,27,29)(H,28,30)/t12-,15?,23?/m0/s1. The maximum atomic E-state index is 13.4. The second kappa shape index (κ2) is 10.5. The van der Waals surface area contributed by atoms with E-state index in [0.29, 0.717) is 0 Å². The van der Waals surface area contributed by atoms with Gasteiger partial charge in [-0.05, 0) is 50.1 Å². The molecule has 0 bridgehead atoms. The van der Waals surface area contributed by atoms with Crippen LogP contribution >= 0.6 is 11.6 Å². The summed E-state index contributed by atoms with van der Waals surface area (Å²) in [5, 5.41) is 14.1. The zero-order valence-electron chi connectivity index (χ0n) is 19.2. The maximum Gasteiger partial charge on any atom is 0.328 e. The first-order valence-electron chi connectivity index (χ1n) is 10.6. The van der Waals surface area contributed by atoms with E-state index in [4.69, 9.17) is 11.6 Å². The number of sulfone groups is 1. The number of carbonyl (C=O) groups excluding carboxylic acids is 3. The molecule has 0 aliphatic heterocycles. The lowest BCUT2D eigenvalue weighted by molar-refractivity contribution is -0.145. The Morgan fingerprint density at radius 2 is 1.83 bits per heavy atom. The lowest BCUT2D eigenvalue weighted by Crippen LogP contribution is -2.53. The SMILES string of the molecule is COC(=O)[C@H](C)NC(=O)CC1(O)CC(S(=O)(=O)c2cc(C(=O)Nc3ccc(F)c(F)c3)ccc2Cl)C1. The molecule has 2 amide bonds. The van der Waals surface area contributed by atoms with Gasteiger partial charge in [0, 0.05) is 17.3 Å². The number of carbonyl (C=O) groups is 3. The maximum absolute atomic E-state index is 13.4. The third-order valence-electron chi connectivity index (χ3n) is 5.75. The van der Waals surface area contributed by atoms with E-state index in [1.807, 2.05) is 0 Å². The highest BCUT2D eigenvalue weighted by molar-refractivity contribution is 7.92. The van der Waals surface area contributed by atoms with Crippen LogP contribution in [0.15, 0.2) is 41.3 Å². The molecule has 3 rings (SSSR count). The summed E-state index contributed by atoms with van der Waals surface area (Å²) in [6, 6.07) is 5.33. The van der Waals surface area contributed by atoms with Crippen LogP contribution in [0, 0.1) is 11.6 Å². The number of nitrogens with one attached hydrogen (secondary N) is 2. The molecule has 0 radical (unpaired) electrons. The van der Waals surface area contributed by atoms with Crippen molar-refractivity contribution in [1.82, 2.24) is 5.32 Å². The van der Waals surface area contributed by atoms with E-state index in [1.165, 1.54) is 19.1 Å². The number of esters is 1. The van der Waals surface area contributed by atoms with Crippen LogP contribution in [0.2, 0.25) is 5.02 Å². The largest absolute Gasteiger partial charge is 0.467 e. The van der Waals surface area contributed by atoms with Gasteiger partial charge in [0.15, 0.2) is 21.5 Å². The zero-order valence-corrected chi connectivity index (χ0v) is 20.8. The summed E-state index contributed by atoms with van der Waals surface area (Å²) in [4.78, 5) is 35.8. The number of halogens is 3. The Kier molecular flexibility index (Phi) is 8.01. The lowest BCUT2D eigenvalue weighted by atomic mass is 9.77. The second-order valence-electron chi connectivity index (χ2n) is 8.52. The highest BCUT2D eigenvalue weighted by atomic mass is 35.5. The van der Waals surface area contributed by atoms with Gasteiger partial charge in [0.2, 0.25) is 5.91 Å². The minimum atomic E-state index is -4.11. The van der Waals surface area contributed by atoms with Crippen molar-refractivity contribution < 1.29 is 41.4 Å². The molecule has 36 heavy (non-hydrogen) atoms. The van der Waals surface area contributed by atoms with E-state index in [0.717, 1.165) is 31.4 Å². The molecule has 1 aliphatic rings. The Bertz CT molecular complexity index is 1310. The van der Waals surface area contributed by atoms with E-state index in [2.05, 4.69) is 15.4 Å². The van der Waals surface area contributed by atoms with Crippen molar-refractivity contribution in [3.63, 3.8) is 0 Å². The van der Waals surface area contributed by atoms with E-state index >= 15 is 0 Å². The number of benzene rings is 2. The molecule has 0 heterocycles. The number of aliphatic hydroxyl groups is 1. The minimum absolute atomic E-state index is 0.0397.